The lowest BCUT2D eigenvalue weighted by atomic mass is 9.83. The normalized spacial score (nSPS) is 17.8. The second-order valence-electron chi connectivity index (χ2n) is 10.4. The van der Waals surface area contributed by atoms with Crippen molar-refractivity contribution in [2.75, 3.05) is 26.9 Å². The highest BCUT2D eigenvalue weighted by atomic mass is 19.4. The third-order valence-corrected chi connectivity index (χ3v) is 7.23. The van der Waals surface area contributed by atoms with Gasteiger partial charge in [0, 0.05) is 22.1 Å². The summed E-state index contributed by atoms with van der Waals surface area (Å²) in [6.45, 7) is 0.655. The number of rotatable bonds is 7. The van der Waals surface area contributed by atoms with Gasteiger partial charge >= 0.3 is 6.18 Å². The van der Waals surface area contributed by atoms with E-state index in [9.17, 15) is 31.9 Å². The zero-order chi connectivity index (χ0) is 30.4. The maximum absolute atomic E-state index is 14.6. The van der Waals surface area contributed by atoms with Crippen LogP contribution in [0.1, 0.15) is 34.2 Å². The van der Waals surface area contributed by atoms with Gasteiger partial charge in [-0.2, -0.15) is 18.3 Å². The quantitative estimate of drug-likeness (QED) is 0.295. The van der Waals surface area contributed by atoms with Crippen molar-refractivity contribution in [1.29, 1.82) is 0 Å². The van der Waals surface area contributed by atoms with E-state index >= 15 is 0 Å². The Morgan fingerprint density at radius 1 is 1.14 bits per heavy atom. The van der Waals surface area contributed by atoms with Gasteiger partial charge in [0.05, 0.1) is 30.5 Å². The molecule has 4 aromatic rings. The monoisotopic (exact) mass is 588 g/mol. The van der Waals surface area contributed by atoms with E-state index in [1.807, 2.05) is 0 Å². The number of carbonyl (C=O) groups excluding carboxylic acids is 1. The number of halogens is 5. The van der Waals surface area contributed by atoms with Crippen molar-refractivity contribution < 1.29 is 41.3 Å². The van der Waals surface area contributed by atoms with Gasteiger partial charge < -0.3 is 19.9 Å². The van der Waals surface area contributed by atoms with Crippen molar-refractivity contribution in [1.82, 2.24) is 20.5 Å². The number of benzene rings is 2. The Balaban J connectivity index is 1.57. The molecular weight excluding hydrogens is 563 g/mol. The number of pyridine rings is 1. The lowest BCUT2D eigenvalue weighted by molar-refractivity contribution is -0.265. The Hall–Kier alpha value is -4.39. The van der Waals surface area contributed by atoms with Crippen molar-refractivity contribution >= 4 is 16.8 Å². The summed E-state index contributed by atoms with van der Waals surface area (Å²) < 4.78 is 82.5. The van der Waals surface area contributed by atoms with Crippen LogP contribution in [0.15, 0.2) is 48.5 Å². The number of carbonyl (C=O) groups is 1. The number of aryl methyl sites for hydroxylation is 1. The fourth-order valence-corrected chi connectivity index (χ4v) is 4.72. The number of ether oxygens (including phenoxy) is 2. The van der Waals surface area contributed by atoms with Gasteiger partial charge in [-0.25, -0.2) is 13.8 Å². The van der Waals surface area contributed by atoms with E-state index in [0.29, 0.717) is 16.6 Å². The first-order chi connectivity index (χ1) is 19.8. The SMILES string of the molecule is COc1cc(C(=O)NCC(O)(c2cc3c(c(-c4ccc(F)cc4)n2)OC[C@@]3(C)CF)C(F)(F)F)cc2cc(C)nnc12. The van der Waals surface area contributed by atoms with Gasteiger partial charge in [0.15, 0.2) is 0 Å². The zero-order valence-corrected chi connectivity index (χ0v) is 22.6. The van der Waals surface area contributed by atoms with Crippen molar-refractivity contribution in [2.24, 2.45) is 0 Å². The summed E-state index contributed by atoms with van der Waals surface area (Å²) in [5, 5.41) is 21.8. The molecule has 3 heterocycles. The van der Waals surface area contributed by atoms with Crippen LogP contribution in [-0.4, -0.2) is 59.3 Å². The topological polar surface area (TPSA) is 106 Å². The van der Waals surface area contributed by atoms with Crippen LogP contribution < -0.4 is 14.8 Å². The largest absolute Gasteiger partial charge is 0.494 e. The second kappa shape index (κ2) is 10.5. The molecule has 13 heteroatoms. The Morgan fingerprint density at radius 2 is 1.86 bits per heavy atom. The molecule has 0 saturated heterocycles. The summed E-state index contributed by atoms with van der Waals surface area (Å²) in [6.07, 6.45) is -5.33. The molecule has 0 saturated carbocycles. The number of aromatic nitrogens is 3. The summed E-state index contributed by atoms with van der Waals surface area (Å²) in [7, 11) is 1.34. The molecule has 0 radical (unpaired) electrons. The van der Waals surface area contributed by atoms with E-state index in [4.69, 9.17) is 9.47 Å². The molecule has 1 unspecified atom stereocenters. The van der Waals surface area contributed by atoms with Gasteiger partial charge in [0.25, 0.3) is 5.91 Å². The molecule has 42 heavy (non-hydrogen) atoms. The molecule has 220 valence electrons. The highest BCUT2D eigenvalue weighted by molar-refractivity contribution is 5.99. The van der Waals surface area contributed by atoms with Crippen LogP contribution in [0.5, 0.6) is 11.5 Å². The molecule has 1 aliphatic rings. The van der Waals surface area contributed by atoms with Crippen LogP contribution in [0, 0.1) is 12.7 Å². The van der Waals surface area contributed by atoms with Crippen molar-refractivity contribution in [3.63, 3.8) is 0 Å². The minimum atomic E-state index is -5.33. The van der Waals surface area contributed by atoms with E-state index in [1.165, 1.54) is 38.3 Å². The highest BCUT2D eigenvalue weighted by Crippen LogP contribution is 2.48. The van der Waals surface area contributed by atoms with Crippen LogP contribution in [0.2, 0.25) is 0 Å². The first-order valence-electron chi connectivity index (χ1n) is 12.7. The van der Waals surface area contributed by atoms with Crippen LogP contribution in [0.4, 0.5) is 22.0 Å². The number of aliphatic hydroxyl groups is 1. The molecule has 2 atom stereocenters. The number of methoxy groups -OCH3 is 1. The van der Waals surface area contributed by atoms with E-state index in [-0.39, 0.29) is 40.5 Å². The lowest BCUT2D eigenvalue weighted by Gasteiger charge is -2.31. The summed E-state index contributed by atoms with van der Waals surface area (Å²) in [5.41, 5.74) is -4.98. The maximum atomic E-state index is 14.6. The Bertz CT molecular complexity index is 1680. The van der Waals surface area contributed by atoms with Gasteiger partial charge in [0.1, 0.15) is 41.8 Å². The maximum Gasteiger partial charge on any atom is 0.424 e. The molecule has 1 amide bonds. The second-order valence-corrected chi connectivity index (χ2v) is 10.4. The van der Waals surface area contributed by atoms with Crippen molar-refractivity contribution in [2.45, 2.75) is 31.0 Å². The molecule has 8 nitrogen and oxygen atoms in total. The van der Waals surface area contributed by atoms with Crippen LogP contribution in [0.3, 0.4) is 0 Å². The molecule has 5 rings (SSSR count). The molecule has 2 N–H and O–H groups in total. The van der Waals surface area contributed by atoms with Crippen molar-refractivity contribution in [3.8, 4) is 22.8 Å². The Labute approximate surface area is 236 Å². The fraction of sp³-hybridized carbons (Fsp3) is 0.310. The molecule has 0 fully saturated rings. The minimum Gasteiger partial charge on any atom is -0.494 e. The average molecular weight is 589 g/mol. The summed E-state index contributed by atoms with van der Waals surface area (Å²) in [4.78, 5) is 17.2. The number of nitrogens with zero attached hydrogens (tertiary/aromatic N) is 3. The van der Waals surface area contributed by atoms with Crippen LogP contribution in [-0.2, 0) is 11.0 Å². The molecule has 1 aliphatic heterocycles. The van der Waals surface area contributed by atoms with Gasteiger partial charge in [-0.3, -0.25) is 4.79 Å². The van der Waals surface area contributed by atoms with Crippen LogP contribution >= 0.6 is 0 Å². The van der Waals surface area contributed by atoms with Gasteiger partial charge in [-0.1, -0.05) is 0 Å². The zero-order valence-electron chi connectivity index (χ0n) is 22.6. The lowest BCUT2D eigenvalue weighted by Crippen LogP contribution is -2.51. The molecule has 2 aromatic heterocycles. The predicted octanol–water partition coefficient (Wildman–Crippen LogP) is 4.95. The average Bonchev–Trinajstić information content (AvgIpc) is 3.31. The molecular formula is C29H25F5N4O4. The molecule has 2 aromatic carbocycles. The highest BCUT2D eigenvalue weighted by Gasteiger charge is 2.57. The van der Waals surface area contributed by atoms with E-state index in [2.05, 4.69) is 20.5 Å². The number of alkyl halides is 4. The van der Waals surface area contributed by atoms with Gasteiger partial charge in [-0.15, -0.1) is 5.10 Å². The molecule has 0 aliphatic carbocycles. The number of hydrogen-bond donors (Lipinski definition) is 2. The van der Waals surface area contributed by atoms with Gasteiger partial charge in [-0.05, 0) is 62.4 Å². The van der Waals surface area contributed by atoms with Crippen molar-refractivity contribution in [3.05, 3.63) is 76.9 Å². The predicted molar refractivity (Wildman–Crippen MR) is 142 cm³/mol. The number of amides is 1. The number of hydrogen-bond acceptors (Lipinski definition) is 7. The number of nitrogens with one attached hydrogen (secondary N) is 1. The Morgan fingerprint density at radius 3 is 2.50 bits per heavy atom. The first kappa shape index (κ1) is 29.1. The van der Waals surface area contributed by atoms with E-state index < -0.39 is 47.8 Å². The van der Waals surface area contributed by atoms with Gasteiger partial charge in [0.2, 0.25) is 5.60 Å². The minimum absolute atomic E-state index is 0.0284. The number of fused-ring (bicyclic) bond motifs is 2. The summed E-state index contributed by atoms with van der Waals surface area (Å²) in [6, 6.07) is 10.00. The Kier molecular flexibility index (Phi) is 7.25. The van der Waals surface area contributed by atoms with Crippen LogP contribution in [0.25, 0.3) is 22.2 Å². The smallest absolute Gasteiger partial charge is 0.424 e. The third kappa shape index (κ3) is 4.97. The third-order valence-electron chi connectivity index (χ3n) is 7.23. The summed E-state index contributed by atoms with van der Waals surface area (Å²) >= 11 is 0. The fourth-order valence-electron chi connectivity index (χ4n) is 4.72. The standard InChI is InChI=1S/C29H25F5N4O4/c1-15-8-17-9-18(10-21(41-3)23(17)38-37-15)26(39)35-13-28(40,29(32,33)34)22-11-20-25(42-14-27(20,2)12-30)24(36-22)16-4-6-19(31)7-5-16/h4-11,40H,12-14H2,1-3H3,(H,35,39)/t27-,28?/m1/s1. The summed E-state index contributed by atoms with van der Waals surface area (Å²) in [5.74, 6) is -1.33. The first-order valence-corrected chi connectivity index (χ1v) is 12.7. The molecule has 0 spiro atoms. The van der Waals surface area contributed by atoms with E-state index in [1.54, 1.807) is 13.0 Å². The van der Waals surface area contributed by atoms with E-state index in [0.717, 1.165) is 18.2 Å². The molecule has 0 bridgehead atoms.